The summed E-state index contributed by atoms with van der Waals surface area (Å²) in [5.74, 6) is 0.232. The highest BCUT2D eigenvalue weighted by molar-refractivity contribution is 6.31. The van der Waals surface area contributed by atoms with Crippen LogP contribution in [0.5, 0.6) is 11.5 Å². The summed E-state index contributed by atoms with van der Waals surface area (Å²) in [6, 6.07) is 2.91. The number of isocyanates is 1. The summed E-state index contributed by atoms with van der Waals surface area (Å²) in [7, 11) is 1.43. The Bertz CT molecular complexity index is 451. The molecule has 0 unspecified atom stereocenters. The van der Waals surface area contributed by atoms with Crippen molar-refractivity contribution < 1.29 is 14.6 Å². The molecule has 0 atom stereocenters. The molecule has 1 rings (SSSR count). The number of ether oxygens (including phenoxy) is 1. The van der Waals surface area contributed by atoms with Crippen LogP contribution in [-0.4, -0.2) is 18.3 Å². The van der Waals surface area contributed by atoms with Gasteiger partial charge in [0, 0.05) is 11.6 Å². The van der Waals surface area contributed by atoms with Crippen LogP contribution in [0.3, 0.4) is 0 Å². The fourth-order valence-electron chi connectivity index (χ4n) is 1.35. The molecule has 1 aromatic rings. The minimum atomic E-state index is -0.806. The third kappa shape index (κ3) is 2.35. The number of carbonyl (C=O) groups excluding carboxylic acids is 1. The van der Waals surface area contributed by atoms with Gasteiger partial charge in [0.15, 0.2) is 11.5 Å². The van der Waals surface area contributed by atoms with E-state index in [0.29, 0.717) is 10.6 Å². The molecule has 0 amide bonds. The molecule has 86 valence electrons. The van der Waals surface area contributed by atoms with Gasteiger partial charge in [-0.15, -0.1) is 0 Å². The number of aliphatic imine (C=N–C) groups is 1. The van der Waals surface area contributed by atoms with Crippen molar-refractivity contribution in [3.63, 3.8) is 0 Å². The normalized spacial score (nSPS) is 10.8. The number of rotatable bonds is 3. The number of hydrogen-bond acceptors (Lipinski definition) is 4. The fraction of sp³-hybridized carbons (Fsp3) is 0.364. The van der Waals surface area contributed by atoms with Crippen molar-refractivity contribution >= 4 is 17.7 Å². The molecule has 4 nitrogen and oxygen atoms in total. The van der Waals surface area contributed by atoms with Gasteiger partial charge in [0.2, 0.25) is 6.08 Å². The highest BCUT2D eigenvalue weighted by Crippen LogP contribution is 2.38. The molecule has 0 aliphatic heterocycles. The molecular weight excluding hydrogens is 230 g/mol. The Kier molecular flexibility index (Phi) is 3.58. The maximum Gasteiger partial charge on any atom is 0.235 e. The summed E-state index contributed by atoms with van der Waals surface area (Å²) in [6.07, 6.45) is 1.50. The predicted molar refractivity (Wildman–Crippen MR) is 60.8 cm³/mol. The van der Waals surface area contributed by atoms with Crippen LogP contribution in [0.1, 0.15) is 19.4 Å². The van der Waals surface area contributed by atoms with Crippen LogP contribution in [0.2, 0.25) is 5.02 Å². The lowest BCUT2D eigenvalue weighted by Gasteiger charge is -2.20. The molecule has 0 aliphatic rings. The van der Waals surface area contributed by atoms with Crippen molar-refractivity contribution in [1.82, 2.24) is 0 Å². The van der Waals surface area contributed by atoms with Crippen LogP contribution in [0.4, 0.5) is 0 Å². The Hall–Kier alpha value is -1.51. The molecule has 0 radical (unpaired) electrons. The number of halogens is 1. The van der Waals surface area contributed by atoms with E-state index in [-0.39, 0.29) is 11.5 Å². The van der Waals surface area contributed by atoms with Crippen LogP contribution in [0, 0.1) is 0 Å². The first-order chi connectivity index (χ1) is 7.42. The summed E-state index contributed by atoms with van der Waals surface area (Å²) in [4.78, 5) is 14.0. The van der Waals surface area contributed by atoms with Gasteiger partial charge < -0.3 is 9.84 Å². The number of phenols is 1. The van der Waals surface area contributed by atoms with E-state index in [1.807, 2.05) is 0 Å². The molecule has 0 saturated carbocycles. The Morgan fingerprint density at radius 2 is 2.12 bits per heavy atom. The smallest absolute Gasteiger partial charge is 0.235 e. The third-order valence-electron chi connectivity index (χ3n) is 2.25. The van der Waals surface area contributed by atoms with Crippen LogP contribution in [0.25, 0.3) is 0 Å². The second kappa shape index (κ2) is 4.56. The summed E-state index contributed by atoms with van der Waals surface area (Å²) >= 11 is 5.97. The van der Waals surface area contributed by atoms with Gasteiger partial charge in [0.05, 0.1) is 17.7 Å². The Balaban J connectivity index is 3.39. The van der Waals surface area contributed by atoms with Crippen molar-refractivity contribution in [3.05, 3.63) is 22.7 Å². The molecular formula is C11H12ClNO3. The van der Waals surface area contributed by atoms with Crippen molar-refractivity contribution in [2.24, 2.45) is 4.99 Å². The van der Waals surface area contributed by atoms with E-state index in [0.717, 1.165) is 0 Å². The van der Waals surface area contributed by atoms with E-state index in [4.69, 9.17) is 16.3 Å². The van der Waals surface area contributed by atoms with Crippen molar-refractivity contribution in [2.75, 3.05) is 7.11 Å². The van der Waals surface area contributed by atoms with Gasteiger partial charge in [-0.25, -0.2) is 4.79 Å². The number of hydrogen-bond donors (Lipinski definition) is 1. The molecule has 0 heterocycles. The average molecular weight is 242 g/mol. The highest BCUT2D eigenvalue weighted by Gasteiger charge is 2.24. The Labute approximate surface area is 98.5 Å². The first-order valence-corrected chi connectivity index (χ1v) is 4.96. The SMILES string of the molecule is COc1cc(C(C)(C)N=C=O)c(Cl)cc1O. The van der Waals surface area contributed by atoms with Gasteiger partial charge in [0.1, 0.15) is 0 Å². The highest BCUT2D eigenvalue weighted by atomic mass is 35.5. The number of benzene rings is 1. The molecule has 1 N–H and O–H groups in total. The molecule has 0 aromatic heterocycles. The van der Waals surface area contributed by atoms with Crippen LogP contribution in [0.15, 0.2) is 17.1 Å². The lowest BCUT2D eigenvalue weighted by molar-refractivity contribution is 0.371. The summed E-state index contributed by atoms with van der Waals surface area (Å²) in [6.45, 7) is 3.44. The standard InChI is InChI=1S/C11H12ClNO3/c1-11(2,13-6-14)7-4-10(16-3)9(15)5-8(7)12/h4-5,15H,1-3H3. The third-order valence-corrected chi connectivity index (χ3v) is 2.57. The van der Waals surface area contributed by atoms with Crippen molar-refractivity contribution in [3.8, 4) is 11.5 Å². The van der Waals surface area contributed by atoms with Gasteiger partial charge in [-0.3, -0.25) is 0 Å². The Morgan fingerprint density at radius 1 is 1.50 bits per heavy atom. The molecule has 0 saturated heterocycles. The van der Waals surface area contributed by atoms with E-state index in [9.17, 15) is 9.90 Å². The zero-order valence-electron chi connectivity index (χ0n) is 9.24. The molecule has 16 heavy (non-hydrogen) atoms. The van der Waals surface area contributed by atoms with Gasteiger partial charge in [-0.05, 0) is 19.9 Å². The van der Waals surface area contributed by atoms with E-state index in [1.165, 1.54) is 19.3 Å². The van der Waals surface area contributed by atoms with Gasteiger partial charge in [-0.1, -0.05) is 11.6 Å². The zero-order valence-corrected chi connectivity index (χ0v) is 10.00. The quantitative estimate of drug-likeness (QED) is 0.654. The van der Waals surface area contributed by atoms with E-state index < -0.39 is 5.54 Å². The summed E-state index contributed by atoms with van der Waals surface area (Å²) < 4.78 is 4.97. The fourth-order valence-corrected chi connectivity index (χ4v) is 1.74. The van der Waals surface area contributed by atoms with Gasteiger partial charge in [-0.2, -0.15) is 4.99 Å². The van der Waals surface area contributed by atoms with Crippen LogP contribution >= 0.6 is 11.6 Å². The van der Waals surface area contributed by atoms with Crippen molar-refractivity contribution in [1.29, 1.82) is 0 Å². The minimum absolute atomic E-state index is 0.0536. The first kappa shape index (κ1) is 12.6. The summed E-state index contributed by atoms with van der Waals surface area (Å²) in [5, 5.41) is 9.82. The molecule has 1 aromatic carbocycles. The minimum Gasteiger partial charge on any atom is -0.504 e. The molecule has 0 aliphatic carbocycles. The van der Waals surface area contributed by atoms with Gasteiger partial charge >= 0.3 is 0 Å². The predicted octanol–water partition coefficient (Wildman–Crippen LogP) is 2.63. The maximum absolute atomic E-state index is 10.3. The van der Waals surface area contributed by atoms with Crippen LogP contribution in [-0.2, 0) is 10.3 Å². The lowest BCUT2D eigenvalue weighted by atomic mass is 9.94. The lowest BCUT2D eigenvalue weighted by Crippen LogP contribution is -2.14. The molecule has 5 heteroatoms. The molecule has 0 fully saturated rings. The largest absolute Gasteiger partial charge is 0.504 e. The van der Waals surface area contributed by atoms with E-state index in [2.05, 4.69) is 4.99 Å². The first-order valence-electron chi connectivity index (χ1n) is 4.58. The zero-order chi connectivity index (χ0) is 12.3. The number of methoxy groups -OCH3 is 1. The number of nitrogens with zero attached hydrogens (tertiary/aromatic N) is 1. The maximum atomic E-state index is 10.3. The van der Waals surface area contributed by atoms with Crippen molar-refractivity contribution in [2.45, 2.75) is 19.4 Å². The van der Waals surface area contributed by atoms with Gasteiger partial charge in [0.25, 0.3) is 0 Å². The molecule has 0 spiro atoms. The Morgan fingerprint density at radius 3 is 2.62 bits per heavy atom. The summed E-state index contributed by atoms with van der Waals surface area (Å²) in [5.41, 5.74) is -0.216. The number of phenolic OH excluding ortho intramolecular Hbond substituents is 1. The second-order valence-electron chi connectivity index (χ2n) is 3.77. The second-order valence-corrected chi connectivity index (χ2v) is 4.17. The van der Waals surface area contributed by atoms with E-state index in [1.54, 1.807) is 19.9 Å². The topological polar surface area (TPSA) is 58.9 Å². The molecule has 0 bridgehead atoms. The average Bonchev–Trinajstić information content (AvgIpc) is 2.17. The number of aromatic hydroxyl groups is 1. The monoisotopic (exact) mass is 241 g/mol. The van der Waals surface area contributed by atoms with Crippen LogP contribution < -0.4 is 4.74 Å². The van der Waals surface area contributed by atoms with E-state index >= 15 is 0 Å².